The lowest BCUT2D eigenvalue weighted by atomic mass is 9.99. The quantitative estimate of drug-likeness (QED) is 0.797. The fourth-order valence-corrected chi connectivity index (χ4v) is 2.38. The summed E-state index contributed by atoms with van der Waals surface area (Å²) in [6, 6.07) is 4.93. The van der Waals surface area contributed by atoms with Crippen molar-refractivity contribution in [2.75, 3.05) is 20.1 Å². The zero-order valence-electron chi connectivity index (χ0n) is 9.83. The van der Waals surface area contributed by atoms with Crippen LogP contribution in [0.25, 0.3) is 16.5 Å². The molecule has 1 aliphatic rings. The van der Waals surface area contributed by atoms with Gasteiger partial charge in [-0.2, -0.15) is 0 Å². The van der Waals surface area contributed by atoms with E-state index in [0.717, 1.165) is 30.4 Å². The van der Waals surface area contributed by atoms with E-state index in [4.69, 9.17) is 0 Å². The molecular weight excluding hydrogens is 215 g/mol. The molecule has 0 radical (unpaired) electrons. The van der Waals surface area contributed by atoms with E-state index >= 15 is 0 Å². The number of halogens is 1. The smallest absolute Gasteiger partial charge is 0.125 e. The van der Waals surface area contributed by atoms with Crippen molar-refractivity contribution >= 4 is 16.5 Å². The van der Waals surface area contributed by atoms with Gasteiger partial charge in [-0.1, -0.05) is 6.08 Å². The maximum Gasteiger partial charge on any atom is 0.125 e. The lowest BCUT2D eigenvalue weighted by molar-refractivity contribution is 0.370. The minimum absolute atomic E-state index is 0.191. The molecule has 17 heavy (non-hydrogen) atoms. The number of hydrogen-bond acceptors (Lipinski definition) is 1. The van der Waals surface area contributed by atoms with E-state index in [1.54, 1.807) is 6.07 Å². The van der Waals surface area contributed by atoms with Gasteiger partial charge in [0.25, 0.3) is 0 Å². The minimum Gasteiger partial charge on any atom is -0.360 e. The van der Waals surface area contributed by atoms with Crippen LogP contribution in [0.4, 0.5) is 4.39 Å². The van der Waals surface area contributed by atoms with E-state index in [-0.39, 0.29) is 5.82 Å². The van der Waals surface area contributed by atoms with Gasteiger partial charge in [0.05, 0.1) is 0 Å². The zero-order chi connectivity index (χ0) is 11.8. The third kappa shape index (κ3) is 1.87. The molecule has 0 unspecified atom stereocenters. The molecule has 2 heterocycles. The molecule has 1 aliphatic heterocycles. The third-order valence-electron chi connectivity index (χ3n) is 3.40. The van der Waals surface area contributed by atoms with Crippen molar-refractivity contribution in [3.8, 4) is 0 Å². The normalized spacial score (nSPS) is 17.4. The third-order valence-corrected chi connectivity index (χ3v) is 3.40. The molecule has 2 nitrogen and oxygen atoms in total. The molecule has 0 aliphatic carbocycles. The number of fused-ring (bicyclic) bond motifs is 1. The SMILES string of the molecule is CN1CC=C(c2c[nH]c3cc(F)ccc23)CC1. The Balaban J connectivity index is 2.06. The molecular formula is C14H15FN2. The molecule has 1 N–H and O–H groups in total. The molecule has 0 fully saturated rings. The van der Waals surface area contributed by atoms with Crippen molar-refractivity contribution in [3.63, 3.8) is 0 Å². The van der Waals surface area contributed by atoms with Gasteiger partial charge in [-0.3, -0.25) is 0 Å². The Morgan fingerprint density at radius 2 is 2.24 bits per heavy atom. The summed E-state index contributed by atoms with van der Waals surface area (Å²) in [5.74, 6) is -0.191. The number of H-pyrrole nitrogens is 1. The van der Waals surface area contributed by atoms with Gasteiger partial charge >= 0.3 is 0 Å². The Morgan fingerprint density at radius 3 is 3.00 bits per heavy atom. The summed E-state index contributed by atoms with van der Waals surface area (Å²) in [7, 11) is 2.12. The second kappa shape index (κ2) is 4.00. The first-order valence-corrected chi connectivity index (χ1v) is 5.88. The summed E-state index contributed by atoms with van der Waals surface area (Å²) in [5.41, 5.74) is 3.45. The van der Waals surface area contributed by atoms with E-state index in [1.807, 2.05) is 12.3 Å². The summed E-state index contributed by atoms with van der Waals surface area (Å²) in [5, 5.41) is 1.11. The van der Waals surface area contributed by atoms with Crippen molar-refractivity contribution in [2.24, 2.45) is 0 Å². The van der Waals surface area contributed by atoms with Crippen LogP contribution in [0.5, 0.6) is 0 Å². The van der Waals surface area contributed by atoms with Crippen molar-refractivity contribution < 1.29 is 4.39 Å². The molecule has 0 saturated heterocycles. The number of nitrogens with zero attached hydrogens (tertiary/aromatic N) is 1. The van der Waals surface area contributed by atoms with Gasteiger partial charge in [0.1, 0.15) is 5.82 Å². The van der Waals surface area contributed by atoms with Crippen LogP contribution in [0.3, 0.4) is 0 Å². The van der Waals surface area contributed by atoms with E-state index in [1.165, 1.54) is 17.2 Å². The maximum absolute atomic E-state index is 13.1. The number of aromatic nitrogens is 1. The molecule has 0 saturated carbocycles. The second-order valence-electron chi connectivity index (χ2n) is 4.63. The Labute approximate surface area is 99.7 Å². The van der Waals surface area contributed by atoms with Crippen LogP contribution in [0.1, 0.15) is 12.0 Å². The Hall–Kier alpha value is -1.61. The largest absolute Gasteiger partial charge is 0.360 e. The highest BCUT2D eigenvalue weighted by Crippen LogP contribution is 2.29. The van der Waals surface area contributed by atoms with E-state index < -0.39 is 0 Å². The average molecular weight is 230 g/mol. The van der Waals surface area contributed by atoms with Crippen LogP contribution in [0.2, 0.25) is 0 Å². The van der Waals surface area contributed by atoms with Crippen LogP contribution in [0, 0.1) is 5.82 Å². The lowest BCUT2D eigenvalue weighted by Crippen LogP contribution is -2.23. The number of nitrogens with one attached hydrogen (secondary N) is 1. The monoisotopic (exact) mass is 230 g/mol. The van der Waals surface area contributed by atoms with Crippen LogP contribution in [-0.4, -0.2) is 30.0 Å². The Kier molecular flexibility index (Phi) is 2.48. The minimum atomic E-state index is -0.191. The molecule has 0 spiro atoms. The van der Waals surface area contributed by atoms with Crippen LogP contribution < -0.4 is 0 Å². The van der Waals surface area contributed by atoms with E-state index in [2.05, 4.69) is 23.0 Å². The molecule has 0 amide bonds. The summed E-state index contributed by atoms with van der Waals surface area (Å²) in [6.07, 6.45) is 5.30. The van der Waals surface area contributed by atoms with E-state index in [9.17, 15) is 4.39 Å². The van der Waals surface area contributed by atoms with Gasteiger partial charge < -0.3 is 9.88 Å². The fourth-order valence-electron chi connectivity index (χ4n) is 2.38. The fraction of sp³-hybridized carbons (Fsp3) is 0.286. The molecule has 88 valence electrons. The molecule has 3 heteroatoms. The van der Waals surface area contributed by atoms with Gasteiger partial charge in [-0.25, -0.2) is 4.39 Å². The van der Waals surface area contributed by atoms with Crippen molar-refractivity contribution in [1.29, 1.82) is 0 Å². The first-order chi connectivity index (χ1) is 8.24. The van der Waals surface area contributed by atoms with Crippen molar-refractivity contribution in [2.45, 2.75) is 6.42 Å². The van der Waals surface area contributed by atoms with Crippen LogP contribution in [0.15, 0.2) is 30.5 Å². The van der Waals surface area contributed by atoms with E-state index in [0.29, 0.717) is 0 Å². The summed E-state index contributed by atoms with van der Waals surface area (Å²) in [4.78, 5) is 5.43. The van der Waals surface area contributed by atoms with Crippen LogP contribution >= 0.6 is 0 Å². The summed E-state index contributed by atoms with van der Waals surface area (Å²) in [6.45, 7) is 2.07. The Bertz CT molecular complexity index is 583. The van der Waals surface area contributed by atoms with Gasteiger partial charge in [0, 0.05) is 35.8 Å². The highest BCUT2D eigenvalue weighted by atomic mass is 19.1. The molecule has 1 aromatic carbocycles. The molecule has 0 bridgehead atoms. The highest BCUT2D eigenvalue weighted by molar-refractivity contribution is 5.92. The number of hydrogen-bond donors (Lipinski definition) is 1. The zero-order valence-corrected chi connectivity index (χ0v) is 9.83. The van der Waals surface area contributed by atoms with Crippen LogP contribution in [-0.2, 0) is 0 Å². The van der Waals surface area contributed by atoms with Gasteiger partial charge in [-0.15, -0.1) is 0 Å². The first kappa shape index (κ1) is 10.5. The number of aromatic amines is 1. The maximum atomic E-state index is 13.1. The van der Waals surface area contributed by atoms with Gasteiger partial charge in [0.15, 0.2) is 0 Å². The van der Waals surface area contributed by atoms with Crippen molar-refractivity contribution in [1.82, 2.24) is 9.88 Å². The summed E-state index contributed by atoms with van der Waals surface area (Å²) >= 11 is 0. The summed E-state index contributed by atoms with van der Waals surface area (Å²) < 4.78 is 13.1. The average Bonchev–Trinajstić information content (AvgIpc) is 2.73. The lowest BCUT2D eigenvalue weighted by Gasteiger charge is -2.21. The topological polar surface area (TPSA) is 19.0 Å². The second-order valence-corrected chi connectivity index (χ2v) is 4.63. The van der Waals surface area contributed by atoms with Gasteiger partial charge in [0.2, 0.25) is 0 Å². The predicted octanol–water partition coefficient (Wildman–Crippen LogP) is 3.03. The predicted molar refractivity (Wildman–Crippen MR) is 68.3 cm³/mol. The molecule has 1 aromatic heterocycles. The molecule has 0 atom stereocenters. The molecule has 2 aromatic rings. The van der Waals surface area contributed by atoms with Crippen molar-refractivity contribution in [3.05, 3.63) is 41.9 Å². The van der Waals surface area contributed by atoms with Gasteiger partial charge in [-0.05, 0) is 37.2 Å². The number of likely N-dealkylation sites (N-methyl/N-ethyl adjacent to an activating group) is 1. The first-order valence-electron chi connectivity index (χ1n) is 5.88. The number of benzene rings is 1. The molecule has 3 rings (SSSR count). The Morgan fingerprint density at radius 1 is 1.35 bits per heavy atom. The standard InChI is InChI=1S/C14H15FN2/c1-17-6-4-10(5-7-17)13-9-16-14-8-11(15)2-3-12(13)14/h2-4,8-9,16H,5-7H2,1H3. The number of rotatable bonds is 1. The highest BCUT2D eigenvalue weighted by Gasteiger charge is 2.13.